The van der Waals surface area contributed by atoms with Crippen LogP contribution in [0, 0.1) is 23.7 Å². The van der Waals surface area contributed by atoms with Gasteiger partial charge in [0.1, 0.15) is 34.4 Å². The fraction of sp³-hybridized carbons (Fsp3) is 0.300. The van der Waals surface area contributed by atoms with Crippen LogP contribution in [-0.4, -0.2) is 86.2 Å². The molecule has 0 atom stereocenters. The van der Waals surface area contributed by atoms with Gasteiger partial charge in [0, 0.05) is 21.9 Å². The molecule has 18 heteroatoms. The first-order valence-corrected chi connectivity index (χ1v) is 25.5. The summed E-state index contributed by atoms with van der Waals surface area (Å²) in [6, 6.07) is 28.8. The van der Waals surface area contributed by atoms with Crippen molar-refractivity contribution in [1.29, 1.82) is 0 Å². The number of aromatic nitrogens is 2. The molecule has 0 aliphatic carbocycles. The Morgan fingerprint density at radius 2 is 0.641 bits per heavy atom. The molecular weight excluding hydrogens is 997 g/mol. The molecule has 0 bridgehead atoms. The highest BCUT2D eigenvalue weighted by atomic mass is 16.5. The van der Waals surface area contributed by atoms with Crippen molar-refractivity contribution in [2.75, 3.05) is 61.9 Å². The molecule has 5 aromatic carbocycles. The van der Waals surface area contributed by atoms with Crippen LogP contribution in [0.2, 0.25) is 0 Å². The molecule has 0 saturated carbocycles. The van der Waals surface area contributed by atoms with Gasteiger partial charge in [-0.1, -0.05) is 79.7 Å². The standard InChI is InChI=1S/C60H64N6O12/c1-33(2)29-75-49-25-39(55(67)63-43-21-17-41(59(71)73-9)27-51(43)77-31-35(5)6)15-19-45(49)65-57(69)47-23-13-37-11-12-38-14-24-48(62-54(38)53(37)61-47)58(70)66-46-20-16-40(26-50(46)76-30-34(3)4)56(68)64-44-22-18-42(60(72)74-10)28-52(44)78-32-36(7)8/h11-28,33-36H,29-32H2,1-10H3,(H,63,67)(H,64,68)(H,65,69)(H,66,70). The molecule has 2 heterocycles. The van der Waals surface area contributed by atoms with E-state index in [9.17, 15) is 28.8 Å². The molecule has 4 amide bonds. The van der Waals surface area contributed by atoms with E-state index < -0.39 is 35.6 Å². The van der Waals surface area contributed by atoms with Crippen molar-refractivity contribution in [3.05, 3.63) is 143 Å². The number of nitrogens with one attached hydrogen (secondary N) is 4. The van der Waals surface area contributed by atoms with Crippen molar-refractivity contribution in [2.45, 2.75) is 55.4 Å². The normalized spacial score (nSPS) is 11.2. The van der Waals surface area contributed by atoms with Gasteiger partial charge in [0.2, 0.25) is 0 Å². The summed E-state index contributed by atoms with van der Waals surface area (Å²) in [4.78, 5) is 89.7. The Morgan fingerprint density at radius 3 is 0.936 bits per heavy atom. The minimum atomic E-state index is -0.575. The Balaban J connectivity index is 1.12. The third-order valence-corrected chi connectivity index (χ3v) is 11.6. The SMILES string of the molecule is COC(=O)c1ccc(NC(=O)c2ccc(NC(=O)c3ccc4ccc5ccc(C(=O)Nc6ccc(C(=O)Nc7ccc(C(=O)OC)cc7OCC(C)C)cc6OCC(C)C)nc5c4n3)c(OCC(C)C)c2)c(OCC(C)C)c1. The number of hydrogen-bond donors (Lipinski definition) is 4. The predicted molar refractivity (Wildman–Crippen MR) is 299 cm³/mol. The maximum absolute atomic E-state index is 14.1. The summed E-state index contributed by atoms with van der Waals surface area (Å²) < 4.78 is 34.0. The lowest BCUT2D eigenvalue weighted by Crippen LogP contribution is -2.18. The molecule has 406 valence electrons. The van der Waals surface area contributed by atoms with Gasteiger partial charge < -0.3 is 49.7 Å². The second kappa shape index (κ2) is 25.7. The van der Waals surface area contributed by atoms with Gasteiger partial charge in [0.25, 0.3) is 23.6 Å². The highest BCUT2D eigenvalue weighted by molar-refractivity contribution is 6.12. The number of carbonyl (C=O) groups excluding carboxylic acids is 6. The molecule has 4 N–H and O–H groups in total. The number of carbonyl (C=O) groups is 6. The second-order valence-electron chi connectivity index (χ2n) is 20.1. The van der Waals surface area contributed by atoms with Crippen LogP contribution in [-0.2, 0) is 9.47 Å². The molecule has 78 heavy (non-hydrogen) atoms. The molecule has 0 fully saturated rings. The first-order valence-electron chi connectivity index (χ1n) is 25.5. The molecule has 0 spiro atoms. The summed E-state index contributed by atoms with van der Waals surface area (Å²) in [5.41, 5.74) is 3.04. The minimum absolute atomic E-state index is 0.0428. The number of fused-ring (bicyclic) bond motifs is 3. The zero-order valence-electron chi connectivity index (χ0n) is 45.3. The number of methoxy groups -OCH3 is 2. The van der Waals surface area contributed by atoms with E-state index in [1.807, 2.05) is 67.5 Å². The molecule has 0 aliphatic heterocycles. The van der Waals surface area contributed by atoms with Gasteiger partial charge in [0.15, 0.2) is 0 Å². The molecule has 0 radical (unpaired) electrons. The van der Waals surface area contributed by atoms with E-state index in [2.05, 4.69) is 21.3 Å². The number of rotatable bonds is 22. The van der Waals surface area contributed by atoms with E-state index in [4.69, 9.17) is 38.4 Å². The lowest BCUT2D eigenvalue weighted by molar-refractivity contribution is 0.0591. The van der Waals surface area contributed by atoms with Crippen LogP contribution in [0.5, 0.6) is 23.0 Å². The Kier molecular flexibility index (Phi) is 18.6. The maximum atomic E-state index is 14.1. The van der Waals surface area contributed by atoms with Crippen molar-refractivity contribution in [1.82, 2.24) is 9.97 Å². The zero-order chi connectivity index (χ0) is 56.2. The van der Waals surface area contributed by atoms with Crippen molar-refractivity contribution in [3.63, 3.8) is 0 Å². The van der Waals surface area contributed by atoms with Gasteiger partial charge in [-0.05, 0) is 109 Å². The lowest BCUT2D eigenvalue weighted by atomic mass is 10.1. The largest absolute Gasteiger partial charge is 0.491 e. The average Bonchev–Trinajstić information content (AvgIpc) is 3.52. The van der Waals surface area contributed by atoms with E-state index >= 15 is 0 Å². The van der Waals surface area contributed by atoms with E-state index in [0.29, 0.717) is 57.9 Å². The fourth-order valence-electron chi connectivity index (χ4n) is 7.56. The van der Waals surface area contributed by atoms with Crippen LogP contribution in [0.3, 0.4) is 0 Å². The Hall–Kier alpha value is -9.06. The van der Waals surface area contributed by atoms with E-state index in [-0.39, 0.29) is 93.4 Å². The molecular formula is C60H64N6O12. The topological polar surface area (TPSA) is 232 Å². The monoisotopic (exact) mass is 1060 g/mol. The molecule has 2 aromatic heterocycles. The molecule has 0 unspecified atom stereocenters. The first kappa shape index (κ1) is 56.7. The van der Waals surface area contributed by atoms with Gasteiger partial charge in [-0.25, -0.2) is 19.6 Å². The number of hydrogen-bond acceptors (Lipinski definition) is 14. The highest BCUT2D eigenvalue weighted by Gasteiger charge is 2.22. The number of pyridine rings is 2. The molecule has 0 saturated heterocycles. The molecule has 7 rings (SSSR count). The van der Waals surface area contributed by atoms with Crippen molar-refractivity contribution in [2.24, 2.45) is 23.7 Å². The lowest BCUT2D eigenvalue weighted by Gasteiger charge is -2.17. The Morgan fingerprint density at radius 1 is 0.372 bits per heavy atom. The third kappa shape index (κ3) is 14.4. The first-order chi connectivity index (χ1) is 37.3. The van der Waals surface area contributed by atoms with Crippen LogP contribution in [0.15, 0.2) is 109 Å². The average molecular weight is 1060 g/mol. The summed E-state index contributed by atoms with van der Waals surface area (Å²) in [6.45, 7) is 17.0. The van der Waals surface area contributed by atoms with E-state index in [1.165, 1.54) is 50.6 Å². The minimum Gasteiger partial charge on any atom is -0.491 e. The fourth-order valence-corrected chi connectivity index (χ4v) is 7.56. The number of nitrogens with zero attached hydrogens (tertiary/aromatic N) is 2. The van der Waals surface area contributed by atoms with Crippen LogP contribution in [0.1, 0.15) is 118 Å². The smallest absolute Gasteiger partial charge is 0.337 e. The van der Waals surface area contributed by atoms with Crippen LogP contribution in [0.4, 0.5) is 22.7 Å². The highest BCUT2D eigenvalue weighted by Crippen LogP contribution is 2.34. The van der Waals surface area contributed by atoms with Crippen LogP contribution in [0.25, 0.3) is 21.8 Å². The van der Waals surface area contributed by atoms with Gasteiger partial charge >= 0.3 is 11.9 Å². The number of ether oxygens (including phenoxy) is 6. The van der Waals surface area contributed by atoms with Crippen molar-refractivity contribution in [3.8, 4) is 23.0 Å². The van der Waals surface area contributed by atoms with Crippen molar-refractivity contribution >= 4 is 80.1 Å². The number of anilines is 4. The summed E-state index contributed by atoms with van der Waals surface area (Å²) in [5, 5.41) is 12.9. The number of amides is 4. The molecule has 18 nitrogen and oxygen atoms in total. The third-order valence-electron chi connectivity index (χ3n) is 11.6. The summed E-state index contributed by atoms with van der Waals surface area (Å²) in [5.74, 6) is -1.62. The zero-order valence-corrected chi connectivity index (χ0v) is 45.3. The molecule has 0 aliphatic rings. The molecule has 7 aromatic rings. The summed E-state index contributed by atoms with van der Waals surface area (Å²) in [7, 11) is 2.56. The van der Waals surface area contributed by atoms with E-state index in [0.717, 1.165) is 0 Å². The maximum Gasteiger partial charge on any atom is 0.337 e. The quantitative estimate of drug-likeness (QED) is 0.0365. The summed E-state index contributed by atoms with van der Waals surface area (Å²) in [6.07, 6.45) is 0. The number of benzene rings is 5. The Bertz CT molecular complexity index is 3170. The number of esters is 2. The van der Waals surface area contributed by atoms with Crippen LogP contribution < -0.4 is 40.2 Å². The second-order valence-corrected chi connectivity index (χ2v) is 20.1. The van der Waals surface area contributed by atoms with E-state index in [1.54, 1.807) is 60.7 Å². The van der Waals surface area contributed by atoms with Gasteiger partial charge in [0.05, 0.1) is 85.6 Å². The van der Waals surface area contributed by atoms with Gasteiger partial charge in [-0.2, -0.15) is 0 Å². The van der Waals surface area contributed by atoms with Crippen LogP contribution >= 0.6 is 0 Å². The van der Waals surface area contributed by atoms with Crippen molar-refractivity contribution < 1.29 is 57.2 Å². The van der Waals surface area contributed by atoms with Gasteiger partial charge in [-0.15, -0.1) is 0 Å². The van der Waals surface area contributed by atoms with Gasteiger partial charge in [-0.3, -0.25) is 19.2 Å². The Labute approximate surface area is 452 Å². The predicted octanol–water partition coefficient (Wildman–Crippen LogP) is 11.5. The summed E-state index contributed by atoms with van der Waals surface area (Å²) >= 11 is 0.